The van der Waals surface area contributed by atoms with Gasteiger partial charge in [0.25, 0.3) is 0 Å². The molecule has 0 spiro atoms. The second-order valence-electron chi connectivity index (χ2n) is 7.65. The molecule has 166 valence electrons. The molecule has 0 aliphatic carbocycles. The SMILES string of the molecule is Cc1cc(-c2cnc([C@H](C)Nc3nccc(N4C(=O)OC[C@@H]4[C@@H](C)O)n3)nc2)ccc1Cl. The Kier molecular flexibility index (Phi) is 6.20. The second-order valence-corrected chi connectivity index (χ2v) is 8.06. The molecule has 2 aromatic heterocycles. The number of hydrogen-bond acceptors (Lipinski definition) is 8. The summed E-state index contributed by atoms with van der Waals surface area (Å²) >= 11 is 6.10. The number of aliphatic hydroxyl groups is 1. The maximum absolute atomic E-state index is 12.1. The largest absolute Gasteiger partial charge is 0.447 e. The molecule has 3 atom stereocenters. The van der Waals surface area contributed by atoms with Crippen molar-refractivity contribution in [1.29, 1.82) is 0 Å². The summed E-state index contributed by atoms with van der Waals surface area (Å²) in [6.45, 7) is 5.55. The fourth-order valence-electron chi connectivity index (χ4n) is 3.40. The van der Waals surface area contributed by atoms with Crippen molar-refractivity contribution in [2.75, 3.05) is 16.8 Å². The number of amides is 1. The van der Waals surface area contributed by atoms with Crippen LogP contribution in [0, 0.1) is 6.92 Å². The van der Waals surface area contributed by atoms with Crippen LogP contribution in [-0.4, -0.2) is 49.9 Å². The van der Waals surface area contributed by atoms with Crippen molar-refractivity contribution >= 4 is 29.5 Å². The van der Waals surface area contributed by atoms with Crippen molar-refractivity contribution in [1.82, 2.24) is 19.9 Å². The predicted octanol–water partition coefficient (Wildman–Crippen LogP) is 3.77. The van der Waals surface area contributed by atoms with Crippen LogP contribution in [0.5, 0.6) is 0 Å². The van der Waals surface area contributed by atoms with Crippen LogP contribution in [0.3, 0.4) is 0 Å². The quantitative estimate of drug-likeness (QED) is 0.578. The summed E-state index contributed by atoms with van der Waals surface area (Å²) in [5.74, 6) is 1.22. The van der Waals surface area contributed by atoms with Gasteiger partial charge in [-0.15, -0.1) is 0 Å². The van der Waals surface area contributed by atoms with Gasteiger partial charge in [0.2, 0.25) is 5.95 Å². The van der Waals surface area contributed by atoms with Crippen molar-refractivity contribution in [3.63, 3.8) is 0 Å². The van der Waals surface area contributed by atoms with Gasteiger partial charge in [0.15, 0.2) is 0 Å². The van der Waals surface area contributed by atoms with Gasteiger partial charge in [-0.05, 0) is 50.1 Å². The minimum atomic E-state index is -0.761. The first-order valence-electron chi connectivity index (χ1n) is 10.2. The Morgan fingerprint density at radius 2 is 1.94 bits per heavy atom. The Balaban J connectivity index is 1.49. The highest BCUT2D eigenvalue weighted by Crippen LogP contribution is 2.26. The lowest BCUT2D eigenvalue weighted by atomic mass is 10.1. The summed E-state index contributed by atoms with van der Waals surface area (Å²) in [6.07, 6.45) is 3.74. The number of rotatable bonds is 6. The third-order valence-electron chi connectivity index (χ3n) is 5.25. The molecule has 1 aromatic carbocycles. The predicted molar refractivity (Wildman–Crippen MR) is 121 cm³/mol. The maximum Gasteiger partial charge on any atom is 0.416 e. The molecule has 4 rings (SSSR count). The molecule has 0 radical (unpaired) electrons. The van der Waals surface area contributed by atoms with Crippen molar-refractivity contribution in [3.05, 3.63) is 59.3 Å². The number of nitrogens with zero attached hydrogens (tertiary/aromatic N) is 5. The van der Waals surface area contributed by atoms with E-state index in [1.807, 2.05) is 32.0 Å². The normalized spacial score (nSPS) is 17.7. The Labute approximate surface area is 190 Å². The molecule has 0 bridgehead atoms. The number of anilines is 2. The molecule has 3 heterocycles. The van der Waals surface area contributed by atoms with Gasteiger partial charge in [-0.3, -0.25) is 4.90 Å². The van der Waals surface area contributed by atoms with Gasteiger partial charge >= 0.3 is 6.09 Å². The number of cyclic esters (lactones) is 1. The van der Waals surface area contributed by atoms with E-state index in [1.54, 1.807) is 25.4 Å². The zero-order chi connectivity index (χ0) is 22.8. The summed E-state index contributed by atoms with van der Waals surface area (Å²) in [5.41, 5.74) is 2.86. The van der Waals surface area contributed by atoms with Gasteiger partial charge in [0.05, 0.1) is 12.1 Å². The summed E-state index contributed by atoms with van der Waals surface area (Å²) in [4.78, 5) is 31.0. The molecule has 9 nitrogen and oxygen atoms in total. The second kappa shape index (κ2) is 9.05. The van der Waals surface area contributed by atoms with Gasteiger partial charge in [0, 0.05) is 29.2 Å². The van der Waals surface area contributed by atoms with Gasteiger partial charge in [-0.1, -0.05) is 17.7 Å². The van der Waals surface area contributed by atoms with Crippen LogP contribution in [0.4, 0.5) is 16.6 Å². The fourth-order valence-corrected chi connectivity index (χ4v) is 3.52. The first-order chi connectivity index (χ1) is 15.3. The number of carbonyl (C=O) groups excluding carboxylic acids is 1. The van der Waals surface area contributed by atoms with Crippen LogP contribution >= 0.6 is 11.6 Å². The van der Waals surface area contributed by atoms with Gasteiger partial charge in [-0.2, -0.15) is 4.98 Å². The number of aryl methyl sites for hydroxylation is 1. The Morgan fingerprint density at radius 1 is 1.19 bits per heavy atom. The molecule has 1 fully saturated rings. The molecule has 1 aliphatic heterocycles. The van der Waals surface area contributed by atoms with E-state index in [2.05, 4.69) is 25.3 Å². The van der Waals surface area contributed by atoms with Gasteiger partial charge in [-0.25, -0.2) is 19.7 Å². The topological polar surface area (TPSA) is 113 Å². The average Bonchev–Trinajstić information content (AvgIpc) is 3.18. The van der Waals surface area contributed by atoms with Crippen LogP contribution in [0.15, 0.2) is 42.9 Å². The lowest BCUT2D eigenvalue weighted by Crippen LogP contribution is -2.41. The maximum atomic E-state index is 12.1. The molecule has 10 heteroatoms. The molecule has 0 unspecified atom stereocenters. The van der Waals surface area contributed by atoms with Crippen LogP contribution in [0.1, 0.15) is 31.3 Å². The zero-order valence-corrected chi connectivity index (χ0v) is 18.6. The molecule has 1 amide bonds. The minimum Gasteiger partial charge on any atom is -0.447 e. The van der Waals surface area contributed by atoms with E-state index in [-0.39, 0.29) is 12.6 Å². The minimum absolute atomic E-state index is 0.104. The van der Waals surface area contributed by atoms with E-state index in [0.29, 0.717) is 22.6 Å². The van der Waals surface area contributed by atoms with Crippen molar-refractivity contribution in [3.8, 4) is 11.1 Å². The number of aromatic nitrogens is 4. The van der Waals surface area contributed by atoms with Crippen LogP contribution in [-0.2, 0) is 4.74 Å². The Bertz CT molecular complexity index is 1120. The first kappa shape index (κ1) is 21.9. The van der Waals surface area contributed by atoms with Crippen LogP contribution in [0.2, 0.25) is 5.02 Å². The van der Waals surface area contributed by atoms with Crippen LogP contribution < -0.4 is 10.2 Å². The Morgan fingerprint density at radius 3 is 2.62 bits per heavy atom. The van der Waals surface area contributed by atoms with Gasteiger partial charge in [0.1, 0.15) is 24.3 Å². The van der Waals surface area contributed by atoms with E-state index < -0.39 is 18.2 Å². The lowest BCUT2D eigenvalue weighted by molar-refractivity contribution is 0.142. The highest BCUT2D eigenvalue weighted by atomic mass is 35.5. The average molecular weight is 455 g/mol. The molecule has 2 N–H and O–H groups in total. The third-order valence-corrected chi connectivity index (χ3v) is 5.67. The van der Waals surface area contributed by atoms with E-state index in [0.717, 1.165) is 16.7 Å². The molecular weight excluding hydrogens is 432 g/mol. The standard InChI is InChI=1S/C22H23ClN6O3/c1-12-8-15(4-5-17(12)23)16-9-25-20(26-10-16)13(2)27-21-24-7-6-19(28-21)29-18(14(3)30)11-32-22(29)31/h4-10,13-14,18,30H,11H2,1-3H3,(H,24,27,28)/t13-,14+,18+/m0/s1. The summed E-state index contributed by atoms with van der Waals surface area (Å²) in [6, 6.07) is 6.58. The summed E-state index contributed by atoms with van der Waals surface area (Å²) in [5, 5.41) is 13.8. The highest BCUT2D eigenvalue weighted by molar-refractivity contribution is 6.31. The third kappa shape index (κ3) is 4.49. The van der Waals surface area contributed by atoms with E-state index in [1.165, 1.54) is 11.1 Å². The highest BCUT2D eigenvalue weighted by Gasteiger charge is 2.38. The van der Waals surface area contributed by atoms with Crippen molar-refractivity contribution < 1.29 is 14.6 Å². The fraction of sp³-hybridized carbons (Fsp3) is 0.318. The smallest absolute Gasteiger partial charge is 0.416 e. The van der Waals surface area contributed by atoms with Crippen molar-refractivity contribution in [2.24, 2.45) is 0 Å². The zero-order valence-electron chi connectivity index (χ0n) is 17.9. The molecule has 1 saturated heterocycles. The number of carbonyl (C=O) groups is 1. The Hall–Kier alpha value is -3.30. The number of nitrogens with one attached hydrogen (secondary N) is 1. The molecule has 32 heavy (non-hydrogen) atoms. The van der Waals surface area contributed by atoms with E-state index >= 15 is 0 Å². The summed E-state index contributed by atoms with van der Waals surface area (Å²) in [7, 11) is 0. The molecular formula is C22H23ClN6O3. The number of ether oxygens (including phenoxy) is 1. The molecule has 3 aromatic rings. The number of benzene rings is 1. The molecule has 1 aliphatic rings. The number of halogens is 1. The van der Waals surface area contributed by atoms with Crippen LogP contribution in [0.25, 0.3) is 11.1 Å². The van der Waals surface area contributed by atoms with E-state index in [9.17, 15) is 9.90 Å². The first-order valence-corrected chi connectivity index (χ1v) is 10.5. The lowest BCUT2D eigenvalue weighted by Gasteiger charge is -2.23. The van der Waals surface area contributed by atoms with Crippen molar-refractivity contribution in [2.45, 2.75) is 39.0 Å². The van der Waals surface area contributed by atoms with Gasteiger partial charge < -0.3 is 15.2 Å². The monoisotopic (exact) mass is 454 g/mol. The van der Waals surface area contributed by atoms with E-state index in [4.69, 9.17) is 16.3 Å². The number of aliphatic hydroxyl groups excluding tert-OH is 1. The molecule has 0 saturated carbocycles. The summed E-state index contributed by atoms with van der Waals surface area (Å²) < 4.78 is 5.06. The number of hydrogen-bond donors (Lipinski definition) is 2.